The highest BCUT2D eigenvalue weighted by Gasteiger charge is 2.38. The van der Waals surface area contributed by atoms with Gasteiger partial charge in [0, 0.05) is 125 Å². The van der Waals surface area contributed by atoms with Crippen molar-refractivity contribution in [3.05, 3.63) is 136 Å². The summed E-state index contributed by atoms with van der Waals surface area (Å²) in [5, 5.41) is 2.99. The molecular formula is C57H76N10O5. The van der Waals surface area contributed by atoms with Crippen molar-refractivity contribution >= 4 is 29.1 Å². The Morgan fingerprint density at radius 3 is 1.56 bits per heavy atom. The molecule has 15 heteroatoms. The fraction of sp³-hybridized carbons (Fsp3) is 0.474. The SMILES string of the molecule is CCN1CCN(c2cccc3c2CN([C@H](CCCN)c2ccc(OC)c(C)c2)C3=O)CC1.CCN1CCN(c2cccc3c2CN([C@H](CCCNC(=O)c2nccn2C)c2ccc(OC)c(C)c2)C3=O)CC1. The lowest BCUT2D eigenvalue weighted by atomic mass is 9.98. The number of carbonyl (C=O) groups excluding carboxylic acids is 3. The number of aryl methyl sites for hydroxylation is 3. The standard InChI is InChI=1S/C31H40N6O3.C26H36N4O2/c1-5-35-16-18-36(19-17-35)27-9-6-8-24-25(27)21-37(31(24)39)26(23-11-12-28(40-4)22(2)20-23)10-7-13-33-30(38)29-32-14-15-34(29)3;1-4-28-13-15-29(16-14-28)24-8-5-7-21-22(24)18-30(26(21)31)23(9-6-12-27)20-10-11-25(32-3)19(2)17-20/h6,8-9,11-12,14-15,20,26H,5,7,10,13,16-19,21H2,1-4H3,(H,33,38);5,7-8,10-11,17,23H,4,6,9,12-16,18,27H2,1-3H3/t26-;23-/m11/s1. The molecule has 0 aliphatic carbocycles. The Hall–Kier alpha value is -6.42. The van der Waals surface area contributed by atoms with Crippen molar-refractivity contribution in [2.75, 3.05) is 103 Å². The van der Waals surface area contributed by atoms with Crippen molar-refractivity contribution < 1.29 is 23.9 Å². The predicted molar refractivity (Wildman–Crippen MR) is 285 cm³/mol. The number of ether oxygens (including phenoxy) is 2. The van der Waals surface area contributed by atoms with Crippen LogP contribution in [-0.2, 0) is 20.1 Å². The van der Waals surface area contributed by atoms with Crippen LogP contribution in [-0.4, -0.2) is 140 Å². The molecule has 2 atom stereocenters. The van der Waals surface area contributed by atoms with E-state index >= 15 is 0 Å². The summed E-state index contributed by atoms with van der Waals surface area (Å²) in [6, 6.07) is 24.6. The number of carbonyl (C=O) groups is 3. The minimum absolute atomic E-state index is 0.00726. The second-order valence-corrected chi connectivity index (χ2v) is 19.5. The van der Waals surface area contributed by atoms with Gasteiger partial charge in [-0.2, -0.15) is 0 Å². The number of hydrogen-bond donors (Lipinski definition) is 2. The maximum Gasteiger partial charge on any atom is 0.287 e. The normalized spacial score (nSPS) is 16.8. The van der Waals surface area contributed by atoms with Crippen LogP contribution < -0.4 is 30.3 Å². The number of anilines is 2. The highest BCUT2D eigenvalue weighted by atomic mass is 16.5. The van der Waals surface area contributed by atoms with Gasteiger partial charge in [0.05, 0.1) is 26.3 Å². The van der Waals surface area contributed by atoms with Gasteiger partial charge in [0.2, 0.25) is 0 Å². The molecule has 384 valence electrons. The van der Waals surface area contributed by atoms with E-state index in [0.717, 1.165) is 142 Å². The molecule has 1 aromatic heterocycles. The third-order valence-corrected chi connectivity index (χ3v) is 15.3. The number of aromatic nitrogens is 2. The number of amides is 3. The number of nitrogens with two attached hydrogens (primary N) is 1. The highest BCUT2D eigenvalue weighted by molar-refractivity contribution is 6.01. The van der Waals surface area contributed by atoms with Gasteiger partial charge >= 0.3 is 0 Å². The highest BCUT2D eigenvalue weighted by Crippen LogP contribution is 2.41. The maximum atomic E-state index is 13.9. The molecular weight excluding hydrogens is 905 g/mol. The third kappa shape index (κ3) is 11.3. The smallest absolute Gasteiger partial charge is 0.287 e. The Labute approximate surface area is 426 Å². The molecule has 72 heavy (non-hydrogen) atoms. The number of benzene rings is 4. The first kappa shape index (κ1) is 51.9. The summed E-state index contributed by atoms with van der Waals surface area (Å²) in [6.45, 7) is 21.2. The first-order valence-electron chi connectivity index (χ1n) is 26.0. The van der Waals surface area contributed by atoms with E-state index in [1.54, 1.807) is 38.2 Å². The molecule has 2 fully saturated rings. The van der Waals surface area contributed by atoms with Crippen LogP contribution in [0.15, 0.2) is 85.2 Å². The van der Waals surface area contributed by atoms with E-state index in [-0.39, 0.29) is 29.8 Å². The maximum absolute atomic E-state index is 13.9. The number of rotatable bonds is 18. The molecule has 5 heterocycles. The minimum atomic E-state index is -0.193. The topological polar surface area (TPSA) is 145 Å². The molecule has 15 nitrogen and oxygen atoms in total. The third-order valence-electron chi connectivity index (χ3n) is 15.3. The van der Waals surface area contributed by atoms with Gasteiger partial charge in [-0.05, 0) is 118 Å². The minimum Gasteiger partial charge on any atom is -0.496 e. The van der Waals surface area contributed by atoms with E-state index in [9.17, 15) is 14.4 Å². The van der Waals surface area contributed by atoms with Gasteiger partial charge in [0.1, 0.15) is 11.5 Å². The average molecular weight is 981 g/mol. The van der Waals surface area contributed by atoms with Gasteiger partial charge in [-0.15, -0.1) is 0 Å². The summed E-state index contributed by atoms with van der Waals surface area (Å²) in [4.78, 5) is 58.0. The molecule has 0 radical (unpaired) electrons. The lowest BCUT2D eigenvalue weighted by Crippen LogP contribution is -2.46. The van der Waals surface area contributed by atoms with Gasteiger partial charge in [-0.25, -0.2) is 4.98 Å². The monoisotopic (exact) mass is 981 g/mol. The molecule has 0 unspecified atom stereocenters. The molecule has 4 aromatic carbocycles. The lowest BCUT2D eigenvalue weighted by Gasteiger charge is -2.36. The molecule has 0 saturated carbocycles. The van der Waals surface area contributed by atoms with Crippen LogP contribution in [0.4, 0.5) is 11.4 Å². The summed E-state index contributed by atoms with van der Waals surface area (Å²) in [5.41, 5.74) is 16.5. The average Bonchev–Trinajstić information content (AvgIpc) is 4.10. The van der Waals surface area contributed by atoms with Crippen molar-refractivity contribution in [1.29, 1.82) is 0 Å². The van der Waals surface area contributed by atoms with Crippen LogP contribution in [0.25, 0.3) is 0 Å². The van der Waals surface area contributed by atoms with E-state index in [1.165, 1.54) is 16.9 Å². The number of fused-ring (bicyclic) bond motifs is 2. The molecule has 9 rings (SSSR count). The largest absolute Gasteiger partial charge is 0.496 e. The van der Waals surface area contributed by atoms with Gasteiger partial charge in [0.15, 0.2) is 5.82 Å². The van der Waals surface area contributed by atoms with Gasteiger partial charge in [-0.3, -0.25) is 14.4 Å². The summed E-state index contributed by atoms with van der Waals surface area (Å²) < 4.78 is 12.7. The van der Waals surface area contributed by atoms with Gasteiger partial charge in [-0.1, -0.05) is 50.2 Å². The number of likely N-dealkylation sites (N-methyl/N-ethyl adjacent to an activating group) is 2. The zero-order valence-electron chi connectivity index (χ0n) is 43.7. The zero-order valence-corrected chi connectivity index (χ0v) is 43.7. The van der Waals surface area contributed by atoms with Crippen molar-refractivity contribution in [2.45, 2.75) is 78.6 Å². The number of hydrogen-bond acceptors (Lipinski definition) is 11. The molecule has 3 amide bonds. The van der Waals surface area contributed by atoms with Crippen LogP contribution >= 0.6 is 0 Å². The van der Waals surface area contributed by atoms with Crippen LogP contribution in [0.1, 0.15) is 116 Å². The molecule has 4 aliphatic rings. The molecule has 2 saturated heterocycles. The molecule has 0 bridgehead atoms. The molecule has 3 N–H and O–H groups in total. The van der Waals surface area contributed by atoms with Crippen molar-refractivity contribution in [1.82, 2.24) is 34.5 Å². The van der Waals surface area contributed by atoms with Crippen LogP contribution in [0.5, 0.6) is 11.5 Å². The number of nitrogens with zero attached hydrogens (tertiary/aromatic N) is 8. The predicted octanol–water partition coefficient (Wildman–Crippen LogP) is 7.37. The lowest BCUT2D eigenvalue weighted by molar-refractivity contribution is 0.0682. The summed E-state index contributed by atoms with van der Waals surface area (Å²) >= 11 is 0. The van der Waals surface area contributed by atoms with Gasteiger partial charge in [0.25, 0.3) is 17.7 Å². The van der Waals surface area contributed by atoms with Crippen molar-refractivity contribution in [3.8, 4) is 11.5 Å². The van der Waals surface area contributed by atoms with Crippen LogP contribution in [0, 0.1) is 13.8 Å². The number of imidazole rings is 1. The zero-order chi connectivity index (χ0) is 50.9. The first-order chi connectivity index (χ1) is 35.0. The first-order valence-corrected chi connectivity index (χ1v) is 26.0. The number of piperazine rings is 2. The van der Waals surface area contributed by atoms with Crippen molar-refractivity contribution in [3.63, 3.8) is 0 Å². The van der Waals surface area contributed by atoms with Crippen LogP contribution in [0.2, 0.25) is 0 Å². The van der Waals surface area contributed by atoms with E-state index in [2.05, 4.69) is 87.1 Å². The Morgan fingerprint density at radius 1 is 0.681 bits per heavy atom. The fourth-order valence-electron chi connectivity index (χ4n) is 11.1. The van der Waals surface area contributed by atoms with E-state index in [4.69, 9.17) is 15.2 Å². The molecule has 4 aliphatic heterocycles. The molecule has 5 aromatic rings. The van der Waals surface area contributed by atoms with E-state index in [0.29, 0.717) is 32.0 Å². The second-order valence-electron chi connectivity index (χ2n) is 19.5. The van der Waals surface area contributed by atoms with Crippen LogP contribution in [0.3, 0.4) is 0 Å². The Bertz CT molecular complexity index is 2670. The van der Waals surface area contributed by atoms with Gasteiger partial charge < -0.3 is 54.5 Å². The summed E-state index contributed by atoms with van der Waals surface area (Å²) in [7, 11) is 5.17. The Balaban J connectivity index is 0.000000197. The Kier molecular flexibility index (Phi) is 17.2. The second kappa shape index (κ2) is 23.9. The fourth-order valence-corrected chi connectivity index (χ4v) is 11.1. The van der Waals surface area contributed by atoms with Crippen molar-refractivity contribution in [2.24, 2.45) is 12.8 Å². The quantitative estimate of drug-likeness (QED) is 0.0850. The van der Waals surface area contributed by atoms with E-state index < -0.39 is 0 Å². The molecule has 0 spiro atoms. The number of methoxy groups -OCH3 is 2. The van der Waals surface area contributed by atoms with E-state index in [1.807, 2.05) is 53.1 Å². The summed E-state index contributed by atoms with van der Waals surface area (Å²) in [5.74, 6) is 2.09. The summed E-state index contributed by atoms with van der Waals surface area (Å²) in [6.07, 6.45) is 6.54. The Morgan fingerprint density at radius 2 is 1.15 bits per heavy atom. The number of nitrogens with one attached hydrogen (secondary N) is 1.